The third-order valence-electron chi connectivity index (χ3n) is 2.50. The lowest BCUT2D eigenvalue weighted by Gasteiger charge is -2.11. The molecular weight excluding hydrogens is 202 g/mol. The molecule has 0 heterocycles. The zero-order valence-corrected chi connectivity index (χ0v) is 9.60. The van der Waals surface area contributed by atoms with Gasteiger partial charge in [-0.05, 0) is 31.4 Å². The van der Waals surface area contributed by atoms with E-state index < -0.39 is 0 Å². The van der Waals surface area contributed by atoms with Gasteiger partial charge < -0.3 is 15.5 Å². The van der Waals surface area contributed by atoms with E-state index in [9.17, 15) is 5.11 Å². The van der Waals surface area contributed by atoms with E-state index in [2.05, 4.69) is 17.4 Å². The van der Waals surface area contributed by atoms with Crippen molar-refractivity contribution < 1.29 is 10.2 Å². The first-order valence-electron chi connectivity index (χ1n) is 5.86. The van der Waals surface area contributed by atoms with Crippen LogP contribution in [0.2, 0.25) is 0 Å². The van der Waals surface area contributed by atoms with E-state index in [0.717, 1.165) is 25.8 Å². The van der Waals surface area contributed by atoms with E-state index in [1.807, 2.05) is 18.2 Å². The molecule has 0 bridgehead atoms. The van der Waals surface area contributed by atoms with Crippen molar-refractivity contribution in [1.82, 2.24) is 5.32 Å². The molecule has 0 fully saturated rings. The van der Waals surface area contributed by atoms with Crippen LogP contribution in [-0.4, -0.2) is 36.0 Å². The van der Waals surface area contributed by atoms with Gasteiger partial charge in [0.05, 0.1) is 6.10 Å². The highest BCUT2D eigenvalue weighted by Crippen LogP contribution is 2.04. The molecule has 0 saturated heterocycles. The Kier molecular flexibility index (Phi) is 6.81. The molecule has 0 aliphatic carbocycles. The van der Waals surface area contributed by atoms with Crippen molar-refractivity contribution in [2.75, 3.05) is 19.7 Å². The van der Waals surface area contributed by atoms with Crippen molar-refractivity contribution in [2.24, 2.45) is 0 Å². The van der Waals surface area contributed by atoms with E-state index >= 15 is 0 Å². The minimum Gasteiger partial charge on any atom is -0.396 e. The molecule has 0 spiro atoms. The summed E-state index contributed by atoms with van der Waals surface area (Å²) in [4.78, 5) is 0. The number of aliphatic hydroxyl groups is 2. The van der Waals surface area contributed by atoms with Crippen LogP contribution in [0.5, 0.6) is 0 Å². The van der Waals surface area contributed by atoms with Crippen LogP contribution in [0.3, 0.4) is 0 Å². The Labute approximate surface area is 97.1 Å². The molecule has 1 unspecified atom stereocenters. The fourth-order valence-corrected chi connectivity index (χ4v) is 1.55. The molecule has 90 valence electrons. The van der Waals surface area contributed by atoms with Gasteiger partial charge >= 0.3 is 0 Å². The van der Waals surface area contributed by atoms with Crippen molar-refractivity contribution in [2.45, 2.75) is 25.4 Å². The van der Waals surface area contributed by atoms with Crippen molar-refractivity contribution in [1.29, 1.82) is 0 Å². The molecule has 1 aromatic rings. The fraction of sp³-hybridized carbons (Fsp3) is 0.538. The average Bonchev–Trinajstić information content (AvgIpc) is 2.33. The second kappa shape index (κ2) is 8.28. The maximum Gasteiger partial charge on any atom is 0.0667 e. The summed E-state index contributed by atoms with van der Waals surface area (Å²) in [7, 11) is 0. The minimum atomic E-state index is -0.307. The lowest BCUT2D eigenvalue weighted by atomic mass is 10.1. The van der Waals surface area contributed by atoms with Crippen LogP contribution in [-0.2, 0) is 6.42 Å². The number of hydrogen-bond acceptors (Lipinski definition) is 3. The minimum absolute atomic E-state index is 0.201. The summed E-state index contributed by atoms with van der Waals surface area (Å²) in [6.07, 6.45) is 2.12. The zero-order chi connectivity index (χ0) is 11.6. The summed E-state index contributed by atoms with van der Waals surface area (Å²) in [5.41, 5.74) is 1.26. The smallest absolute Gasteiger partial charge is 0.0667 e. The Morgan fingerprint density at radius 2 is 1.94 bits per heavy atom. The lowest BCUT2D eigenvalue weighted by Crippen LogP contribution is -2.28. The molecule has 0 amide bonds. The molecule has 0 radical (unpaired) electrons. The number of hydrogen-bond donors (Lipinski definition) is 3. The summed E-state index contributed by atoms with van der Waals surface area (Å²) in [5, 5.41) is 21.4. The zero-order valence-electron chi connectivity index (χ0n) is 9.60. The SMILES string of the molecule is OCCCNCC(O)CCc1ccccc1. The van der Waals surface area contributed by atoms with Crippen molar-refractivity contribution >= 4 is 0 Å². The van der Waals surface area contributed by atoms with Gasteiger partial charge in [-0.3, -0.25) is 0 Å². The molecule has 3 nitrogen and oxygen atoms in total. The van der Waals surface area contributed by atoms with E-state index in [-0.39, 0.29) is 12.7 Å². The molecule has 1 aromatic carbocycles. The third kappa shape index (κ3) is 5.85. The van der Waals surface area contributed by atoms with Gasteiger partial charge in [0.2, 0.25) is 0 Å². The van der Waals surface area contributed by atoms with Gasteiger partial charge in [0.15, 0.2) is 0 Å². The number of nitrogens with one attached hydrogen (secondary N) is 1. The van der Waals surface area contributed by atoms with Gasteiger partial charge in [-0.1, -0.05) is 30.3 Å². The molecule has 3 heteroatoms. The van der Waals surface area contributed by atoms with Crippen LogP contribution < -0.4 is 5.32 Å². The largest absolute Gasteiger partial charge is 0.396 e. The molecule has 0 aliphatic rings. The van der Waals surface area contributed by atoms with Crippen molar-refractivity contribution in [3.63, 3.8) is 0 Å². The Hall–Kier alpha value is -0.900. The molecule has 1 atom stereocenters. The Morgan fingerprint density at radius 1 is 1.19 bits per heavy atom. The standard InChI is InChI=1S/C13H21NO2/c15-10-4-9-14-11-13(16)8-7-12-5-2-1-3-6-12/h1-3,5-6,13-16H,4,7-11H2. The van der Waals surface area contributed by atoms with Crippen LogP contribution >= 0.6 is 0 Å². The first-order valence-corrected chi connectivity index (χ1v) is 5.86. The second-order valence-electron chi connectivity index (χ2n) is 3.96. The van der Waals surface area contributed by atoms with E-state index in [4.69, 9.17) is 5.11 Å². The second-order valence-corrected chi connectivity index (χ2v) is 3.96. The van der Waals surface area contributed by atoms with Gasteiger partial charge in [0, 0.05) is 13.2 Å². The predicted octanol–water partition coefficient (Wildman–Crippen LogP) is 0.952. The molecule has 0 saturated carbocycles. The topological polar surface area (TPSA) is 52.5 Å². The summed E-state index contributed by atoms with van der Waals surface area (Å²) in [6.45, 7) is 1.57. The monoisotopic (exact) mass is 223 g/mol. The highest BCUT2D eigenvalue weighted by Gasteiger charge is 2.03. The van der Waals surface area contributed by atoms with Crippen molar-refractivity contribution in [3.8, 4) is 0 Å². The Balaban J connectivity index is 2.08. The highest BCUT2D eigenvalue weighted by molar-refractivity contribution is 5.14. The number of rotatable bonds is 8. The maximum atomic E-state index is 9.68. The van der Waals surface area contributed by atoms with Gasteiger partial charge in [-0.25, -0.2) is 0 Å². The summed E-state index contributed by atoms with van der Waals surface area (Å²) in [5.74, 6) is 0. The predicted molar refractivity (Wildman–Crippen MR) is 65.3 cm³/mol. The van der Waals surface area contributed by atoms with Crippen LogP contribution in [0, 0.1) is 0 Å². The first-order chi connectivity index (χ1) is 7.83. The molecule has 1 rings (SSSR count). The summed E-state index contributed by atoms with van der Waals surface area (Å²) in [6, 6.07) is 10.2. The van der Waals surface area contributed by atoms with Gasteiger partial charge in [0.1, 0.15) is 0 Å². The van der Waals surface area contributed by atoms with Gasteiger partial charge in [-0.2, -0.15) is 0 Å². The Morgan fingerprint density at radius 3 is 2.62 bits per heavy atom. The summed E-state index contributed by atoms with van der Waals surface area (Å²) < 4.78 is 0. The number of benzene rings is 1. The van der Waals surface area contributed by atoms with E-state index in [1.54, 1.807) is 0 Å². The molecule has 3 N–H and O–H groups in total. The quantitative estimate of drug-likeness (QED) is 0.575. The Bertz CT molecular complexity index is 264. The van der Waals surface area contributed by atoms with Crippen LogP contribution in [0.15, 0.2) is 30.3 Å². The molecule has 0 aliphatic heterocycles. The normalized spacial score (nSPS) is 12.6. The van der Waals surface area contributed by atoms with Gasteiger partial charge in [-0.15, -0.1) is 0 Å². The van der Waals surface area contributed by atoms with E-state index in [0.29, 0.717) is 6.54 Å². The highest BCUT2D eigenvalue weighted by atomic mass is 16.3. The third-order valence-corrected chi connectivity index (χ3v) is 2.50. The molecule has 16 heavy (non-hydrogen) atoms. The maximum absolute atomic E-state index is 9.68. The summed E-state index contributed by atoms with van der Waals surface area (Å²) >= 11 is 0. The number of aliphatic hydroxyl groups excluding tert-OH is 2. The molecular formula is C13H21NO2. The van der Waals surface area contributed by atoms with Crippen LogP contribution in [0.4, 0.5) is 0 Å². The van der Waals surface area contributed by atoms with Crippen molar-refractivity contribution in [3.05, 3.63) is 35.9 Å². The van der Waals surface area contributed by atoms with Crippen LogP contribution in [0.1, 0.15) is 18.4 Å². The van der Waals surface area contributed by atoms with E-state index in [1.165, 1.54) is 5.56 Å². The lowest BCUT2D eigenvalue weighted by molar-refractivity contribution is 0.161. The first kappa shape index (κ1) is 13.2. The van der Waals surface area contributed by atoms with Crippen LogP contribution in [0.25, 0.3) is 0 Å². The number of aryl methyl sites for hydroxylation is 1. The fourth-order valence-electron chi connectivity index (χ4n) is 1.55. The van der Waals surface area contributed by atoms with Gasteiger partial charge in [0.25, 0.3) is 0 Å². The molecule has 0 aromatic heterocycles. The average molecular weight is 223 g/mol.